The van der Waals surface area contributed by atoms with Crippen LogP contribution in [0, 0.1) is 0 Å². The molecule has 1 saturated carbocycles. The summed E-state index contributed by atoms with van der Waals surface area (Å²) in [6.07, 6.45) is -0.131. The van der Waals surface area contributed by atoms with Crippen molar-refractivity contribution >= 4 is 25.3 Å². The van der Waals surface area contributed by atoms with E-state index >= 15 is 0 Å². The van der Waals surface area contributed by atoms with Gasteiger partial charge in [-0.3, -0.25) is 0 Å². The molecule has 0 aromatic heterocycles. The fraction of sp³-hybridized carbons (Fsp3) is 1.00. The van der Waals surface area contributed by atoms with Crippen molar-refractivity contribution in [2.45, 2.75) is 35.5 Å². The average Bonchev–Trinajstić information content (AvgIpc) is 1.84. The molecule has 2 N–H and O–H groups in total. The molecule has 0 heterocycles. The van der Waals surface area contributed by atoms with Gasteiger partial charge in [0.1, 0.15) is 0 Å². The van der Waals surface area contributed by atoms with Crippen LogP contribution in [0.25, 0.3) is 0 Å². The summed E-state index contributed by atoms with van der Waals surface area (Å²) in [4.78, 5) is 0. The Morgan fingerprint density at radius 1 is 0.900 bits per heavy atom. The molecule has 60 valence electrons. The van der Waals surface area contributed by atoms with Gasteiger partial charge in [0.05, 0.1) is 12.2 Å². The lowest BCUT2D eigenvalue weighted by Gasteiger charge is -2.31. The Kier molecular flexibility index (Phi) is 2.91. The van der Waals surface area contributed by atoms with E-state index in [4.69, 9.17) is 10.2 Å². The van der Waals surface area contributed by atoms with E-state index in [0.717, 1.165) is 0 Å². The fourth-order valence-electron chi connectivity index (χ4n) is 1.12. The van der Waals surface area contributed by atoms with Gasteiger partial charge < -0.3 is 10.2 Å². The summed E-state index contributed by atoms with van der Waals surface area (Å²) in [5.41, 5.74) is 0. The Morgan fingerprint density at radius 2 is 1.20 bits per heavy atom. The molecular weight excluding hydrogens is 168 g/mol. The van der Waals surface area contributed by atoms with Crippen LogP contribution >= 0.6 is 25.3 Å². The SMILES string of the molecule is OC1CC(S)C(S)CC1O. The molecule has 0 radical (unpaired) electrons. The molecular formula is C6H12O2S2. The molecule has 0 aromatic carbocycles. The van der Waals surface area contributed by atoms with Crippen molar-refractivity contribution in [2.24, 2.45) is 0 Å². The largest absolute Gasteiger partial charge is 0.390 e. The molecule has 0 aromatic rings. The predicted octanol–water partition coefficient (Wildman–Crippen LogP) is 0.0988. The van der Waals surface area contributed by atoms with E-state index < -0.39 is 12.2 Å². The van der Waals surface area contributed by atoms with Crippen LogP contribution in [-0.4, -0.2) is 32.9 Å². The first-order valence-electron chi connectivity index (χ1n) is 3.33. The number of thiol groups is 2. The first-order chi connectivity index (χ1) is 4.61. The number of hydrogen-bond acceptors (Lipinski definition) is 4. The second-order valence-corrected chi connectivity index (χ2v) is 4.07. The minimum absolute atomic E-state index is 0.113. The second kappa shape index (κ2) is 3.34. The van der Waals surface area contributed by atoms with E-state index in [1.54, 1.807) is 0 Å². The van der Waals surface area contributed by atoms with Gasteiger partial charge in [0.25, 0.3) is 0 Å². The van der Waals surface area contributed by atoms with Crippen molar-refractivity contribution < 1.29 is 10.2 Å². The minimum atomic E-state index is -0.606. The third-order valence-electron chi connectivity index (χ3n) is 1.85. The van der Waals surface area contributed by atoms with Crippen molar-refractivity contribution in [2.75, 3.05) is 0 Å². The number of aliphatic hydroxyl groups excluding tert-OH is 2. The molecule has 0 spiro atoms. The maximum atomic E-state index is 9.13. The third-order valence-corrected chi connectivity index (χ3v) is 3.23. The average molecular weight is 180 g/mol. The summed E-state index contributed by atoms with van der Waals surface area (Å²) in [6, 6.07) is 0. The lowest BCUT2D eigenvalue weighted by molar-refractivity contribution is -0.00466. The maximum absolute atomic E-state index is 9.13. The topological polar surface area (TPSA) is 40.5 Å². The highest BCUT2D eigenvalue weighted by atomic mass is 32.1. The van der Waals surface area contributed by atoms with Gasteiger partial charge in [-0.05, 0) is 12.8 Å². The second-order valence-electron chi connectivity index (χ2n) is 2.74. The minimum Gasteiger partial charge on any atom is -0.390 e. The van der Waals surface area contributed by atoms with Crippen LogP contribution in [0.3, 0.4) is 0 Å². The van der Waals surface area contributed by atoms with E-state index in [0.29, 0.717) is 12.8 Å². The smallest absolute Gasteiger partial charge is 0.0810 e. The predicted molar refractivity (Wildman–Crippen MR) is 46.8 cm³/mol. The van der Waals surface area contributed by atoms with Crippen molar-refractivity contribution in [1.82, 2.24) is 0 Å². The van der Waals surface area contributed by atoms with Gasteiger partial charge in [-0.25, -0.2) is 0 Å². The monoisotopic (exact) mass is 180 g/mol. The first kappa shape index (κ1) is 8.71. The molecule has 0 aliphatic heterocycles. The molecule has 4 atom stereocenters. The van der Waals surface area contributed by atoms with E-state index in [1.165, 1.54) is 0 Å². The highest BCUT2D eigenvalue weighted by molar-refractivity contribution is 7.85. The standard InChI is InChI=1S/C6H12O2S2/c7-3-1-5(9)6(10)2-4(3)8/h3-10H,1-2H2. The van der Waals surface area contributed by atoms with Gasteiger partial charge in [0.2, 0.25) is 0 Å². The Morgan fingerprint density at radius 3 is 1.50 bits per heavy atom. The Balaban J connectivity index is 2.46. The van der Waals surface area contributed by atoms with E-state index in [2.05, 4.69) is 25.3 Å². The summed E-state index contributed by atoms with van der Waals surface area (Å²) in [5.74, 6) is 0. The van der Waals surface area contributed by atoms with Gasteiger partial charge in [0.15, 0.2) is 0 Å². The third kappa shape index (κ3) is 1.81. The zero-order valence-corrected chi connectivity index (χ0v) is 7.30. The zero-order valence-electron chi connectivity index (χ0n) is 5.51. The Hall–Kier alpha value is 0.620. The summed E-state index contributed by atoms with van der Waals surface area (Å²) in [7, 11) is 0. The zero-order chi connectivity index (χ0) is 7.72. The Labute approximate surface area is 71.5 Å². The van der Waals surface area contributed by atoms with E-state index in [-0.39, 0.29) is 10.5 Å². The van der Waals surface area contributed by atoms with Crippen molar-refractivity contribution in [1.29, 1.82) is 0 Å². The van der Waals surface area contributed by atoms with Gasteiger partial charge in [-0.15, -0.1) is 0 Å². The molecule has 0 saturated heterocycles. The fourth-order valence-corrected chi connectivity index (χ4v) is 1.80. The molecule has 1 aliphatic carbocycles. The summed E-state index contributed by atoms with van der Waals surface area (Å²) in [6.45, 7) is 0. The van der Waals surface area contributed by atoms with Crippen molar-refractivity contribution in [3.63, 3.8) is 0 Å². The summed E-state index contributed by atoms with van der Waals surface area (Å²) in [5, 5.41) is 18.5. The number of aliphatic hydroxyl groups is 2. The molecule has 1 aliphatic rings. The molecule has 2 nitrogen and oxygen atoms in total. The normalized spacial score (nSPS) is 49.2. The van der Waals surface area contributed by atoms with Crippen LogP contribution in [-0.2, 0) is 0 Å². The lowest BCUT2D eigenvalue weighted by atomic mass is 9.94. The maximum Gasteiger partial charge on any atom is 0.0810 e. The molecule has 0 bridgehead atoms. The van der Waals surface area contributed by atoms with Crippen molar-refractivity contribution in [3.05, 3.63) is 0 Å². The lowest BCUT2D eigenvalue weighted by Crippen LogP contribution is -2.40. The molecule has 4 unspecified atom stereocenters. The summed E-state index contributed by atoms with van der Waals surface area (Å²) < 4.78 is 0. The highest BCUT2D eigenvalue weighted by Crippen LogP contribution is 2.27. The molecule has 0 amide bonds. The molecule has 1 fully saturated rings. The summed E-state index contributed by atoms with van der Waals surface area (Å²) >= 11 is 8.42. The van der Waals surface area contributed by atoms with Crippen LogP contribution in [0.5, 0.6) is 0 Å². The molecule has 1 rings (SSSR count). The van der Waals surface area contributed by atoms with E-state index in [1.807, 2.05) is 0 Å². The van der Waals surface area contributed by atoms with Gasteiger partial charge in [0, 0.05) is 10.5 Å². The number of rotatable bonds is 0. The van der Waals surface area contributed by atoms with Crippen LogP contribution in [0.4, 0.5) is 0 Å². The van der Waals surface area contributed by atoms with Crippen LogP contribution in [0.1, 0.15) is 12.8 Å². The van der Waals surface area contributed by atoms with Gasteiger partial charge >= 0.3 is 0 Å². The Bertz CT molecular complexity index is 94.3. The van der Waals surface area contributed by atoms with Gasteiger partial charge in [-0.2, -0.15) is 25.3 Å². The molecule has 4 heteroatoms. The van der Waals surface area contributed by atoms with Crippen molar-refractivity contribution in [3.8, 4) is 0 Å². The van der Waals surface area contributed by atoms with Crippen LogP contribution < -0.4 is 0 Å². The quantitative estimate of drug-likeness (QED) is 0.399. The van der Waals surface area contributed by atoms with Crippen LogP contribution in [0.15, 0.2) is 0 Å². The molecule has 10 heavy (non-hydrogen) atoms. The van der Waals surface area contributed by atoms with E-state index in [9.17, 15) is 0 Å². The van der Waals surface area contributed by atoms with Gasteiger partial charge in [-0.1, -0.05) is 0 Å². The number of hydrogen-bond donors (Lipinski definition) is 4. The van der Waals surface area contributed by atoms with Crippen LogP contribution in [0.2, 0.25) is 0 Å². The highest BCUT2D eigenvalue weighted by Gasteiger charge is 2.31. The first-order valence-corrected chi connectivity index (χ1v) is 4.37.